The Labute approximate surface area is 183 Å². The van der Waals surface area contributed by atoms with Crippen molar-refractivity contribution in [2.45, 2.75) is 85.5 Å². The lowest BCUT2D eigenvalue weighted by Crippen LogP contribution is -2.25. The third kappa shape index (κ3) is 5.74. The number of esters is 1. The Morgan fingerprint density at radius 2 is 1.53 bits per heavy atom. The van der Waals surface area contributed by atoms with Gasteiger partial charge in [-0.25, -0.2) is 0 Å². The summed E-state index contributed by atoms with van der Waals surface area (Å²) in [5, 5.41) is 0. The van der Waals surface area contributed by atoms with E-state index in [9.17, 15) is 4.79 Å². The van der Waals surface area contributed by atoms with E-state index in [0.717, 1.165) is 25.2 Å². The molecule has 162 valence electrons. The van der Waals surface area contributed by atoms with Gasteiger partial charge in [0.15, 0.2) is 0 Å². The van der Waals surface area contributed by atoms with Gasteiger partial charge in [-0.1, -0.05) is 63.8 Å². The fourth-order valence-electron chi connectivity index (χ4n) is 4.90. The molecule has 0 aliphatic heterocycles. The molecule has 0 aromatic heterocycles. The zero-order valence-electron chi connectivity index (χ0n) is 19.3. The molecule has 0 unspecified atom stereocenters. The second-order valence-electron chi connectivity index (χ2n) is 9.14. The molecule has 0 spiro atoms. The van der Waals surface area contributed by atoms with Crippen LogP contribution in [0.5, 0.6) is 5.75 Å². The van der Waals surface area contributed by atoms with Crippen molar-refractivity contribution in [2.24, 2.45) is 11.8 Å². The summed E-state index contributed by atoms with van der Waals surface area (Å²) in [7, 11) is 0. The molecule has 2 nitrogen and oxygen atoms in total. The molecule has 0 amide bonds. The highest BCUT2D eigenvalue weighted by Gasteiger charge is 2.27. The number of hydrogen-bond donors (Lipinski definition) is 0. The highest BCUT2D eigenvalue weighted by molar-refractivity contribution is 5.75. The summed E-state index contributed by atoms with van der Waals surface area (Å²) in [6.45, 7) is 8.88. The summed E-state index contributed by atoms with van der Waals surface area (Å²) in [5.41, 5.74) is 6.58. The number of aryl methyl sites for hydroxylation is 2. The Hall–Kier alpha value is -2.09. The predicted molar refractivity (Wildman–Crippen MR) is 126 cm³/mol. The number of hydrogen-bond acceptors (Lipinski definition) is 2. The average Bonchev–Trinajstić information content (AvgIpc) is 2.75. The first-order valence-corrected chi connectivity index (χ1v) is 11.9. The summed E-state index contributed by atoms with van der Waals surface area (Å²) >= 11 is 0. The maximum absolute atomic E-state index is 12.6. The number of unbranched alkanes of at least 4 members (excludes halogenated alkanes) is 1. The molecular weight excluding hydrogens is 368 g/mol. The van der Waals surface area contributed by atoms with Gasteiger partial charge in [-0.3, -0.25) is 4.79 Å². The summed E-state index contributed by atoms with van der Waals surface area (Å²) in [4.78, 5) is 12.6. The van der Waals surface area contributed by atoms with Crippen LogP contribution in [-0.4, -0.2) is 5.97 Å². The van der Waals surface area contributed by atoms with Crippen molar-refractivity contribution in [1.29, 1.82) is 0 Å². The van der Waals surface area contributed by atoms with Gasteiger partial charge < -0.3 is 4.74 Å². The molecule has 0 saturated heterocycles. The van der Waals surface area contributed by atoms with Crippen LogP contribution in [0.3, 0.4) is 0 Å². The van der Waals surface area contributed by atoms with Gasteiger partial charge in [-0.15, -0.1) is 0 Å². The van der Waals surface area contributed by atoms with Gasteiger partial charge in [-0.2, -0.15) is 0 Å². The van der Waals surface area contributed by atoms with E-state index in [0.29, 0.717) is 5.75 Å². The SMILES string of the molecule is CCCCC1CCC(C(=O)Oc2ccc(-c3cc(C)c(CCC)c(C)c3)cc2)CC1. The molecule has 0 bridgehead atoms. The lowest BCUT2D eigenvalue weighted by atomic mass is 9.80. The largest absolute Gasteiger partial charge is 0.426 e. The number of benzene rings is 2. The fraction of sp³-hybridized carbons (Fsp3) is 0.536. The molecule has 3 rings (SSSR count). The highest BCUT2D eigenvalue weighted by atomic mass is 16.5. The monoisotopic (exact) mass is 406 g/mol. The summed E-state index contributed by atoms with van der Waals surface area (Å²) in [6.07, 6.45) is 10.5. The van der Waals surface area contributed by atoms with Crippen LogP contribution in [0.25, 0.3) is 11.1 Å². The van der Waals surface area contributed by atoms with Gasteiger partial charge in [-0.05, 0) is 91.8 Å². The molecule has 0 radical (unpaired) electrons. The molecule has 0 N–H and O–H groups in total. The Kier molecular flexibility index (Phi) is 8.13. The first kappa shape index (κ1) is 22.6. The van der Waals surface area contributed by atoms with E-state index in [-0.39, 0.29) is 11.9 Å². The van der Waals surface area contributed by atoms with Crippen molar-refractivity contribution in [3.05, 3.63) is 53.1 Å². The molecule has 1 saturated carbocycles. The van der Waals surface area contributed by atoms with E-state index >= 15 is 0 Å². The Morgan fingerprint density at radius 1 is 0.900 bits per heavy atom. The molecule has 1 aliphatic rings. The number of ether oxygens (including phenoxy) is 1. The smallest absolute Gasteiger partial charge is 0.314 e. The lowest BCUT2D eigenvalue weighted by Gasteiger charge is -2.27. The standard InChI is InChI=1S/C28H38O2/c1-5-7-9-22-10-12-24(13-11-22)28(29)30-26-16-14-23(15-17-26)25-18-20(3)27(8-6-2)21(4)19-25/h14-19,22,24H,5-13H2,1-4H3. The van der Waals surface area contributed by atoms with Crippen LogP contribution in [0, 0.1) is 25.7 Å². The first-order valence-electron chi connectivity index (χ1n) is 11.9. The molecular formula is C28H38O2. The lowest BCUT2D eigenvalue weighted by molar-refractivity contribution is -0.140. The number of rotatable bonds is 8. The molecule has 0 heterocycles. The Morgan fingerprint density at radius 3 is 2.10 bits per heavy atom. The van der Waals surface area contributed by atoms with Gasteiger partial charge in [0.1, 0.15) is 5.75 Å². The zero-order valence-corrected chi connectivity index (χ0v) is 19.3. The quantitative estimate of drug-likeness (QED) is 0.330. The minimum absolute atomic E-state index is 0.0488. The van der Waals surface area contributed by atoms with Crippen LogP contribution in [0.15, 0.2) is 36.4 Å². The van der Waals surface area contributed by atoms with Crippen molar-refractivity contribution in [3.63, 3.8) is 0 Å². The second-order valence-corrected chi connectivity index (χ2v) is 9.14. The first-order chi connectivity index (χ1) is 14.5. The maximum Gasteiger partial charge on any atom is 0.314 e. The average molecular weight is 407 g/mol. The normalized spacial score (nSPS) is 18.9. The minimum Gasteiger partial charge on any atom is -0.426 e. The van der Waals surface area contributed by atoms with Gasteiger partial charge in [0, 0.05) is 0 Å². The van der Waals surface area contributed by atoms with Crippen molar-refractivity contribution in [3.8, 4) is 16.9 Å². The van der Waals surface area contributed by atoms with Crippen molar-refractivity contribution in [2.75, 3.05) is 0 Å². The van der Waals surface area contributed by atoms with Crippen LogP contribution >= 0.6 is 0 Å². The van der Waals surface area contributed by atoms with Crippen molar-refractivity contribution in [1.82, 2.24) is 0 Å². The zero-order chi connectivity index (χ0) is 21.5. The van der Waals surface area contributed by atoms with E-state index < -0.39 is 0 Å². The fourth-order valence-corrected chi connectivity index (χ4v) is 4.90. The van der Waals surface area contributed by atoms with Crippen LogP contribution in [0.4, 0.5) is 0 Å². The van der Waals surface area contributed by atoms with E-state index in [2.05, 4.69) is 52.0 Å². The summed E-state index contributed by atoms with van der Waals surface area (Å²) in [6, 6.07) is 12.6. The van der Waals surface area contributed by atoms with Gasteiger partial charge in [0.05, 0.1) is 5.92 Å². The summed E-state index contributed by atoms with van der Waals surface area (Å²) in [5.74, 6) is 1.49. The molecule has 2 heteroatoms. The summed E-state index contributed by atoms with van der Waals surface area (Å²) < 4.78 is 5.72. The van der Waals surface area contributed by atoms with Crippen LogP contribution in [-0.2, 0) is 11.2 Å². The number of carbonyl (C=O) groups excluding carboxylic acids is 1. The molecule has 0 atom stereocenters. The predicted octanol–water partition coefficient (Wildman–Crippen LogP) is 7.82. The van der Waals surface area contributed by atoms with Gasteiger partial charge in [0.25, 0.3) is 0 Å². The third-order valence-electron chi connectivity index (χ3n) is 6.75. The van der Waals surface area contributed by atoms with Crippen LogP contribution in [0.2, 0.25) is 0 Å². The molecule has 30 heavy (non-hydrogen) atoms. The molecule has 2 aromatic carbocycles. The van der Waals surface area contributed by atoms with Gasteiger partial charge >= 0.3 is 5.97 Å². The maximum atomic E-state index is 12.6. The second kappa shape index (κ2) is 10.8. The third-order valence-corrected chi connectivity index (χ3v) is 6.75. The molecule has 1 aliphatic carbocycles. The Bertz CT molecular complexity index is 803. The van der Waals surface area contributed by atoms with Crippen LogP contribution in [0.1, 0.15) is 81.9 Å². The Balaban J connectivity index is 1.59. The van der Waals surface area contributed by atoms with Crippen molar-refractivity contribution >= 4 is 5.97 Å². The topological polar surface area (TPSA) is 26.3 Å². The van der Waals surface area contributed by atoms with Crippen LogP contribution < -0.4 is 4.74 Å². The minimum atomic E-state index is -0.0488. The van der Waals surface area contributed by atoms with E-state index in [4.69, 9.17) is 4.74 Å². The number of carbonyl (C=O) groups is 1. The van der Waals surface area contributed by atoms with Gasteiger partial charge in [0.2, 0.25) is 0 Å². The van der Waals surface area contributed by atoms with E-state index in [1.807, 2.05) is 12.1 Å². The van der Waals surface area contributed by atoms with E-state index in [1.165, 1.54) is 66.3 Å². The van der Waals surface area contributed by atoms with E-state index in [1.54, 1.807) is 0 Å². The van der Waals surface area contributed by atoms with Crippen molar-refractivity contribution < 1.29 is 9.53 Å². The molecule has 2 aromatic rings. The molecule has 1 fully saturated rings. The highest BCUT2D eigenvalue weighted by Crippen LogP contribution is 2.33.